The third-order valence-corrected chi connectivity index (χ3v) is 11.0. The van der Waals surface area contributed by atoms with Gasteiger partial charge in [-0.05, 0) is 92.0 Å². The van der Waals surface area contributed by atoms with E-state index in [4.69, 9.17) is 19.4 Å². The van der Waals surface area contributed by atoms with Gasteiger partial charge in [0.15, 0.2) is 17.5 Å². The predicted molar refractivity (Wildman–Crippen MR) is 227 cm³/mol. The maximum atomic E-state index is 6.28. The standard InChI is InChI=1S/C51H33N3O/c1-2-13-36-31-37(28-23-32(36)11-1)50-52-49(35-26-24-34(25-27-35)39-19-9-14-33-12-3-4-15-38(33)39)53-51(54-50)44-30-29-42(40-16-5-6-17-41(40)44)43-20-10-22-47-48(43)45-18-7-8-21-46(45)55-47/h1-3,5-14,16-31H,4,15H2. The third kappa shape index (κ3) is 5.33. The summed E-state index contributed by atoms with van der Waals surface area (Å²) in [7, 11) is 0. The first-order valence-electron chi connectivity index (χ1n) is 18.8. The van der Waals surface area contributed by atoms with Gasteiger partial charge in [0.05, 0.1) is 0 Å². The summed E-state index contributed by atoms with van der Waals surface area (Å²) in [6.07, 6.45) is 6.63. The van der Waals surface area contributed by atoms with Crippen LogP contribution in [0.1, 0.15) is 17.5 Å². The average Bonchev–Trinajstić information content (AvgIpc) is 3.65. The van der Waals surface area contributed by atoms with Crippen molar-refractivity contribution in [2.75, 3.05) is 0 Å². The molecule has 1 aliphatic rings. The Labute approximate surface area is 318 Å². The second kappa shape index (κ2) is 12.8. The molecule has 8 aromatic carbocycles. The molecule has 1 aliphatic carbocycles. The molecule has 2 heterocycles. The maximum Gasteiger partial charge on any atom is 0.164 e. The highest BCUT2D eigenvalue weighted by Gasteiger charge is 2.19. The van der Waals surface area contributed by atoms with Gasteiger partial charge in [-0.3, -0.25) is 0 Å². The predicted octanol–water partition coefficient (Wildman–Crippen LogP) is 13.4. The van der Waals surface area contributed by atoms with Gasteiger partial charge in [0, 0.05) is 27.5 Å². The summed E-state index contributed by atoms with van der Waals surface area (Å²) in [5.74, 6) is 1.91. The van der Waals surface area contributed by atoms with Crippen LogP contribution in [0.15, 0.2) is 174 Å². The van der Waals surface area contributed by atoms with E-state index in [0.717, 1.165) is 78.8 Å². The lowest BCUT2D eigenvalue weighted by Crippen LogP contribution is -2.01. The fourth-order valence-corrected chi connectivity index (χ4v) is 8.36. The van der Waals surface area contributed by atoms with Crippen molar-refractivity contribution in [2.24, 2.45) is 0 Å². The summed E-state index contributed by atoms with van der Waals surface area (Å²) in [6, 6.07) is 57.6. The van der Waals surface area contributed by atoms with Crippen molar-refractivity contribution in [3.8, 4) is 56.4 Å². The van der Waals surface area contributed by atoms with Crippen LogP contribution in [-0.2, 0) is 6.42 Å². The monoisotopic (exact) mass is 703 g/mol. The molecular formula is C51H33N3O. The number of benzene rings is 8. The Hall–Kier alpha value is -7.17. The van der Waals surface area contributed by atoms with Crippen LogP contribution in [0.4, 0.5) is 0 Å². The van der Waals surface area contributed by atoms with E-state index < -0.39 is 0 Å². The van der Waals surface area contributed by atoms with E-state index in [1.165, 1.54) is 27.6 Å². The van der Waals surface area contributed by atoms with Crippen LogP contribution < -0.4 is 0 Å². The summed E-state index contributed by atoms with van der Waals surface area (Å²) in [6.45, 7) is 0. The Bertz CT molecular complexity index is 3150. The minimum Gasteiger partial charge on any atom is -0.456 e. The van der Waals surface area contributed by atoms with E-state index in [0.29, 0.717) is 17.5 Å². The van der Waals surface area contributed by atoms with Gasteiger partial charge in [-0.2, -0.15) is 0 Å². The van der Waals surface area contributed by atoms with Gasteiger partial charge in [-0.25, -0.2) is 15.0 Å². The number of hydrogen-bond acceptors (Lipinski definition) is 4. The molecule has 0 spiro atoms. The van der Waals surface area contributed by atoms with Gasteiger partial charge in [-0.15, -0.1) is 0 Å². The molecule has 0 saturated carbocycles. The minimum atomic E-state index is 0.635. The minimum absolute atomic E-state index is 0.635. The van der Waals surface area contributed by atoms with Crippen molar-refractivity contribution in [1.82, 2.24) is 15.0 Å². The zero-order chi connectivity index (χ0) is 36.3. The quantitative estimate of drug-likeness (QED) is 0.179. The number of fused-ring (bicyclic) bond motifs is 6. The molecule has 258 valence electrons. The van der Waals surface area contributed by atoms with Gasteiger partial charge in [0.25, 0.3) is 0 Å². The number of nitrogens with zero attached hydrogens (tertiary/aromatic N) is 3. The number of aromatic nitrogens is 3. The first-order valence-corrected chi connectivity index (χ1v) is 18.8. The van der Waals surface area contributed by atoms with E-state index in [1.54, 1.807) is 0 Å². The molecule has 11 rings (SSSR count). The largest absolute Gasteiger partial charge is 0.456 e. The van der Waals surface area contributed by atoms with E-state index in [2.05, 4.69) is 158 Å². The summed E-state index contributed by atoms with van der Waals surface area (Å²) in [4.78, 5) is 15.6. The van der Waals surface area contributed by atoms with Gasteiger partial charge in [0.2, 0.25) is 0 Å². The van der Waals surface area contributed by atoms with Crippen molar-refractivity contribution < 1.29 is 4.42 Å². The van der Waals surface area contributed by atoms with Gasteiger partial charge in [-0.1, -0.05) is 152 Å². The second-order valence-electron chi connectivity index (χ2n) is 14.2. The molecule has 4 nitrogen and oxygen atoms in total. The molecule has 0 amide bonds. The first kappa shape index (κ1) is 31.4. The number of furan rings is 1. The molecular weight excluding hydrogens is 671 g/mol. The van der Waals surface area contributed by atoms with Crippen LogP contribution in [0, 0.1) is 0 Å². The lowest BCUT2D eigenvalue weighted by atomic mass is 9.89. The number of para-hydroxylation sites is 1. The topological polar surface area (TPSA) is 51.8 Å². The summed E-state index contributed by atoms with van der Waals surface area (Å²) < 4.78 is 6.28. The Kier molecular flexibility index (Phi) is 7.27. The Balaban J connectivity index is 1.08. The number of rotatable bonds is 5. The van der Waals surface area contributed by atoms with Crippen LogP contribution in [0.5, 0.6) is 0 Å². The van der Waals surface area contributed by atoms with Crippen LogP contribution in [0.3, 0.4) is 0 Å². The molecule has 0 atom stereocenters. The van der Waals surface area contributed by atoms with E-state index in [-0.39, 0.29) is 0 Å². The normalized spacial score (nSPS) is 12.5. The SMILES string of the molecule is C1=Cc2cccc(-c3ccc(-c4nc(-c5ccc6ccccc6c5)nc(-c5ccc(-c6cccc7oc8ccccc8c67)c6ccccc56)n4)cc3)c2CC1. The molecule has 55 heavy (non-hydrogen) atoms. The van der Waals surface area contributed by atoms with Crippen molar-refractivity contribution in [2.45, 2.75) is 12.8 Å². The zero-order valence-corrected chi connectivity index (χ0v) is 29.9. The Morgan fingerprint density at radius 2 is 1.05 bits per heavy atom. The van der Waals surface area contributed by atoms with Crippen LogP contribution in [-0.4, -0.2) is 15.0 Å². The first-order chi connectivity index (χ1) is 27.2. The third-order valence-electron chi connectivity index (χ3n) is 11.0. The van der Waals surface area contributed by atoms with Crippen LogP contribution in [0.2, 0.25) is 0 Å². The van der Waals surface area contributed by atoms with E-state index in [1.807, 2.05) is 18.2 Å². The fraction of sp³-hybridized carbons (Fsp3) is 0.0392. The highest BCUT2D eigenvalue weighted by atomic mass is 16.3. The number of allylic oxidation sites excluding steroid dienone is 1. The summed E-state index contributed by atoms with van der Waals surface area (Å²) in [5.41, 5.74) is 12.1. The van der Waals surface area contributed by atoms with Gasteiger partial charge >= 0.3 is 0 Å². The Morgan fingerprint density at radius 1 is 0.418 bits per heavy atom. The molecule has 10 aromatic rings. The van der Waals surface area contributed by atoms with Crippen LogP contribution in [0.25, 0.3) is 106 Å². The lowest BCUT2D eigenvalue weighted by Gasteiger charge is -2.16. The number of hydrogen-bond donors (Lipinski definition) is 0. The Morgan fingerprint density at radius 3 is 1.93 bits per heavy atom. The lowest BCUT2D eigenvalue weighted by molar-refractivity contribution is 0.669. The molecule has 0 unspecified atom stereocenters. The fourth-order valence-electron chi connectivity index (χ4n) is 8.36. The van der Waals surface area contributed by atoms with E-state index in [9.17, 15) is 0 Å². The molecule has 2 aromatic heterocycles. The summed E-state index contributed by atoms with van der Waals surface area (Å²) >= 11 is 0. The van der Waals surface area contributed by atoms with Crippen molar-refractivity contribution >= 4 is 49.6 Å². The highest BCUT2D eigenvalue weighted by molar-refractivity contribution is 6.16. The molecule has 0 saturated heterocycles. The molecule has 4 heteroatoms. The molecule has 0 radical (unpaired) electrons. The smallest absolute Gasteiger partial charge is 0.164 e. The molecule has 0 fully saturated rings. The van der Waals surface area contributed by atoms with Crippen LogP contribution >= 0.6 is 0 Å². The average molecular weight is 704 g/mol. The molecule has 0 aliphatic heterocycles. The maximum absolute atomic E-state index is 6.28. The van der Waals surface area contributed by atoms with Gasteiger partial charge < -0.3 is 4.42 Å². The second-order valence-corrected chi connectivity index (χ2v) is 14.2. The summed E-state index contributed by atoms with van der Waals surface area (Å²) in [5, 5.41) is 6.75. The highest BCUT2D eigenvalue weighted by Crippen LogP contribution is 2.42. The van der Waals surface area contributed by atoms with E-state index >= 15 is 0 Å². The van der Waals surface area contributed by atoms with Crippen molar-refractivity contribution in [3.05, 3.63) is 181 Å². The molecule has 0 N–H and O–H groups in total. The van der Waals surface area contributed by atoms with Gasteiger partial charge in [0.1, 0.15) is 11.2 Å². The van der Waals surface area contributed by atoms with Crippen molar-refractivity contribution in [3.63, 3.8) is 0 Å². The van der Waals surface area contributed by atoms with Crippen molar-refractivity contribution in [1.29, 1.82) is 0 Å². The molecule has 0 bridgehead atoms. The zero-order valence-electron chi connectivity index (χ0n) is 29.9.